The second-order valence-corrected chi connectivity index (χ2v) is 5.75. The highest BCUT2D eigenvalue weighted by Crippen LogP contribution is 2.18. The maximum absolute atomic E-state index is 11.9. The van der Waals surface area contributed by atoms with E-state index in [1.165, 1.54) is 0 Å². The summed E-state index contributed by atoms with van der Waals surface area (Å²) in [7, 11) is 0. The molecule has 1 atom stereocenters. The normalized spacial score (nSPS) is 35.7. The Morgan fingerprint density at radius 3 is 2.69 bits per heavy atom. The molecule has 4 nitrogen and oxygen atoms in total. The molecule has 1 aliphatic carbocycles. The molecule has 3 N–H and O–H groups in total. The van der Waals surface area contributed by atoms with E-state index in [-0.39, 0.29) is 24.1 Å². The van der Waals surface area contributed by atoms with E-state index < -0.39 is 0 Å². The molecule has 1 saturated carbocycles. The second-order valence-electron chi connectivity index (χ2n) is 4.60. The van der Waals surface area contributed by atoms with Gasteiger partial charge in [-0.2, -0.15) is 11.8 Å². The molecule has 2 aliphatic rings. The fourth-order valence-electron chi connectivity index (χ4n) is 2.26. The average molecular weight is 244 g/mol. The highest BCUT2D eigenvalue weighted by Gasteiger charge is 2.25. The van der Waals surface area contributed by atoms with E-state index in [1.54, 1.807) is 0 Å². The van der Waals surface area contributed by atoms with Gasteiger partial charge in [0.25, 0.3) is 0 Å². The maximum Gasteiger partial charge on any atom is 0.238 e. The van der Waals surface area contributed by atoms with E-state index in [2.05, 4.69) is 10.6 Å². The summed E-state index contributed by atoms with van der Waals surface area (Å²) in [4.78, 5) is 11.9. The van der Waals surface area contributed by atoms with Crippen LogP contribution in [0.5, 0.6) is 0 Å². The molecule has 1 heterocycles. The molecule has 1 saturated heterocycles. The van der Waals surface area contributed by atoms with E-state index in [1.807, 2.05) is 11.8 Å². The Bertz CT molecular complexity index is 236. The van der Waals surface area contributed by atoms with E-state index in [0.717, 1.165) is 43.7 Å². The first-order valence-electron chi connectivity index (χ1n) is 6.05. The lowest BCUT2D eigenvalue weighted by atomic mass is 9.93. The fourth-order valence-corrected chi connectivity index (χ4v) is 3.19. The number of carbonyl (C=O) groups is 1. The van der Waals surface area contributed by atoms with Crippen LogP contribution < -0.4 is 10.6 Å². The predicted octanol–water partition coefficient (Wildman–Crippen LogP) is 0.111. The molecule has 2 rings (SSSR count). The minimum absolute atomic E-state index is 0.0226. The minimum atomic E-state index is -0.156. The molecule has 0 radical (unpaired) electrons. The van der Waals surface area contributed by atoms with Crippen LogP contribution in [0.25, 0.3) is 0 Å². The topological polar surface area (TPSA) is 61.4 Å². The van der Waals surface area contributed by atoms with E-state index in [4.69, 9.17) is 0 Å². The van der Waals surface area contributed by atoms with Gasteiger partial charge in [0.2, 0.25) is 5.91 Å². The van der Waals surface area contributed by atoms with Gasteiger partial charge in [0.05, 0.1) is 12.1 Å². The van der Waals surface area contributed by atoms with Gasteiger partial charge < -0.3 is 15.7 Å². The smallest absolute Gasteiger partial charge is 0.238 e. The summed E-state index contributed by atoms with van der Waals surface area (Å²) < 4.78 is 0. The van der Waals surface area contributed by atoms with E-state index in [0.29, 0.717) is 0 Å². The summed E-state index contributed by atoms with van der Waals surface area (Å²) in [5.41, 5.74) is 0. The van der Waals surface area contributed by atoms with Gasteiger partial charge in [-0.1, -0.05) is 0 Å². The third kappa shape index (κ3) is 3.37. The number of rotatable bonds is 2. The number of nitrogens with one attached hydrogen (secondary N) is 2. The molecule has 1 unspecified atom stereocenters. The van der Waals surface area contributed by atoms with Crippen LogP contribution in [0.4, 0.5) is 0 Å². The van der Waals surface area contributed by atoms with Gasteiger partial charge in [0, 0.05) is 24.1 Å². The minimum Gasteiger partial charge on any atom is -0.393 e. The number of aliphatic hydroxyl groups excluding tert-OH is 1. The summed E-state index contributed by atoms with van der Waals surface area (Å²) in [6.07, 6.45) is 3.30. The van der Waals surface area contributed by atoms with Crippen LogP contribution in [0, 0.1) is 0 Å². The third-order valence-corrected chi connectivity index (χ3v) is 4.34. The summed E-state index contributed by atoms with van der Waals surface area (Å²) in [6.45, 7) is 0.923. The number of amides is 1. The van der Waals surface area contributed by atoms with Crippen molar-refractivity contribution in [1.29, 1.82) is 0 Å². The van der Waals surface area contributed by atoms with Crippen molar-refractivity contribution in [1.82, 2.24) is 10.6 Å². The Balaban J connectivity index is 1.73. The fraction of sp³-hybridized carbons (Fsp3) is 0.909. The van der Waals surface area contributed by atoms with Crippen molar-refractivity contribution in [3.63, 3.8) is 0 Å². The molecule has 0 aromatic heterocycles. The lowest BCUT2D eigenvalue weighted by Gasteiger charge is -2.29. The van der Waals surface area contributed by atoms with Gasteiger partial charge in [-0.25, -0.2) is 0 Å². The van der Waals surface area contributed by atoms with Crippen molar-refractivity contribution in [2.45, 2.75) is 43.9 Å². The third-order valence-electron chi connectivity index (χ3n) is 3.28. The zero-order valence-electron chi connectivity index (χ0n) is 9.45. The first kappa shape index (κ1) is 12.2. The number of aliphatic hydroxyl groups is 1. The van der Waals surface area contributed by atoms with Crippen molar-refractivity contribution in [2.24, 2.45) is 0 Å². The molecular weight excluding hydrogens is 224 g/mol. The van der Waals surface area contributed by atoms with Crippen LogP contribution in [-0.4, -0.2) is 47.3 Å². The van der Waals surface area contributed by atoms with Crippen molar-refractivity contribution >= 4 is 17.7 Å². The summed E-state index contributed by atoms with van der Waals surface area (Å²) in [5, 5.41) is 15.7. The molecule has 0 aromatic carbocycles. The highest BCUT2D eigenvalue weighted by molar-refractivity contribution is 7.99. The second kappa shape index (κ2) is 5.89. The SMILES string of the molecule is O=C(NC1CCC(O)CC1)C1CSCCN1. The first-order valence-corrected chi connectivity index (χ1v) is 7.21. The zero-order chi connectivity index (χ0) is 11.4. The number of hydrogen-bond acceptors (Lipinski definition) is 4. The van der Waals surface area contributed by atoms with E-state index >= 15 is 0 Å². The van der Waals surface area contributed by atoms with Crippen LogP contribution in [0.3, 0.4) is 0 Å². The van der Waals surface area contributed by atoms with Crippen molar-refractivity contribution in [3.8, 4) is 0 Å². The Morgan fingerprint density at radius 1 is 1.31 bits per heavy atom. The lowest BCUT2D eigenvalue weighted by molar-refractivity contribution is -0.123. The Labute approximate surface area is 101 Å². The number of carbonyl (C=O) groups excluding carboxylic acids is 1. The molecule has 0 spiro atoms. The Morgan fingerprint density at radius 2 is 2.06 bits per heavy atom. The van der Waals surface area contributed by atoms with Crippen LogP contribution in [0.1, 0.15) is 25.7 Å². The molecular formula is C11H20N2O2S. The summed E-state index contributed by atoms with van der Waals surface area (Å²) >= 11 is 1.83. The highest BCUT2D eigenvalue weighted by atomic mass is 32.2. The number of hydrogen-bond donors (Lipinski definition) is 3. The van der Waals surface area contributed by atoms with Gasteiger partial charge in [0.1, 0.15) is 0 Å². The molecule has 92 valence electrons. The monoisotopic (exact) mass is 244 g/mol. The molecule has 1 amide bonds. The maximum atomic E-state index is 11.9. The number of thioether (sulfide) groups is 1. The van der Waals surface area contributed by atoms with Crippen LogP contribution >= 0.6 is 11.8 Å². The van der Waals surface area contributed by atoms with Gasteiger partial charge in [-0.3, -0.25) is 4.79 Å². The Kier molecular flexibility index (Phi) is 4.49. The standard InChI is InChI=1S/C11H20N2O2S/c14-9-3-1-8(2-4-9)13-11(15)10-7-16-6-5-12-10/h8-10,12,14H,1-7H2,(H,13,15). The van der Waals surface area contributed by atoms with Gasteiger partial charge >= 0.3 is 0 Å². The lowest BCUT2D eigenvalue weighted by Crippen LogP contribution is -2.52. The summed E-state index contributed by atoms with van der Waals surface area (Å²) in [5.74, 6) is 2.11. The predicted molar refractivity (Wildman–Crippen MR) is 65.5 cm³/mol. The molecule has 2 fully saturated rings. The first-order chi connectivity index (χ1) is 7.75. The molecule has 5 heteroatoms. The van der Waals surface area contributed by atoms with Crippen molar-refractivity contribution < 1.29 is 9.90 Å². The van der Waals surface area contributed by atoms with Crippen LogP contribution in [-0.2, 0) is 4.79 Å². The molecule has 1 aliphatic heterocycles. The molecule has 16 heavy (non-hydrogen) atoms. The average Bonchev–Trinajstić information content (AvgIpc) is 2.33. The quantitative estimate of drug-likeness (QED) is 0.645. The zero-order valence-corrected chi connectivity index (χ0v) is 10.3. The largest absolute Gasteiger partial charge is 0.393 e. The summed E-state index contributed by atoms with van der Waals surface area (Å²) in [6, 6.07) is 0.246. The van der Waals surface area contributed by atoms with Gasteiger partial charge in [0.15, 0.2) is 0 Å². The van der Waals surface area contributed by atoms with Gasteiger partial charge in [-0.15, -0.1) is 0 Å². The Hall–Kier alpha value is -0.260. The van der Waals surface area contributed by atoms with Crippen molar-refractivity contribution in [2.75, 3.05) is 18.1 Å². The van der Waals surface area contributed by atoms with Crippen LogP contribution in [0.15, 0.2) is 0 Å². The van der Waals surface area contributed by atoms with Crippen molar-refractivity contribution in [3.05, 3.63) is 0 Å². The van der Waals surface area contributed by atoms with Gasteiger partial charge in [-0.05, 0) is 25.7 Å². The molecule has 0 aromatic rings. The van der Waals surface area contributed by atoms with E-state index in [9.17, 15) is 9.90 Å². The molecule has 0 bridgehead atoms. The van der Waals surface area contributed by atoms with Crippen LogP contribution in [0.2, 0.25) is 0 Å².